The molecule has 0 bridgehead atoms. The number of rotatable bonds is 5. The van der Waals surface area contributed by atoms with Crippen molar-refractivity contribution in [3.63, 3.8) is 0 Å². The Morgan fingerprint density at radius 2 is 1.92 bits per heavy atom. The van der Waals surface area contributed by atoms with Gasteiger partial charge in [0, 0.05) is 38.8 Å². The maximum Gasteiger partial charge on any atom is 0.255 e. The van der Waals surface area contributed by atoms with Crippen LogP contribution in [0.25, 0.3) is 10.9 Å². The van der Waals surface area contributed by atoms with Crippen molar-refractivity contribution >= 4 is 28.4 Å². The van der Waals surface area contributed by atoms with E-state index in [0.717, 1.165) is 35.0 Å². The topological polar surface area (TPSA) is 74.0 Å². The number of H-pyrrole nitrogens is 1. The molecular formula is C30H26FN3O2. The van der Waals surface area contributed by atoms with E-state index >= 15 is 0 Å². The van der Waals surface area contributed by atoms with Crippen LogP contribution in [0.1, 0.15) is 34.5 Å². The molecule has 3 atom stereocenters. The highest BCUT2D eigenvalue weighted by molar-refractivity contribution is 6.06. The normalized spacial score (nSPS) is 23.8. The minimum atomic E-state index is -0.346. The monoisotopic (exact) mass is 479 g/mol. The van der Waals surface area contributed by atoms with Crippen LogP contribution in [0.15, 0.2) is 90.6 Å². The van der Waals surface area contributed by atoms with Gasteiger partial charge in [0.2, 0.25) is 0 Å². The molecule has 3 N–H and O–H groups in total. The van der Waals surface area contributed by atoms with Crippen LogP contribution < -0.4 is 10.6 Å². The lowest BCUT2D eigenvalue weighted by molar-refractivity contribution is -0.117. The van der Waals surface area contributed by atoms with E-state index in [9.17, 15) is 14.0 Å². The van der Waals surface area contributed by atoms with Crippen molar-refractivity contribution in [2.75, 3.05) is 5.32 Å². The summed E-state index contributed by atoms with van der Waals surface area (Å²) in [6, 6.07) is 11.4. The molecule has 3 aliphatic carbocycles. The van der Waals surface area contributed by atoms with Crippen molar-refractivity contribution in [3.8, 4) is 0 Å². The Hall–Kier alpha value is -4.19. The van der Waals surface area contributed by atoms with Gasteiger partial charge in [-0.05, 0) is 73.7 Å². The SMILES string of the molecule is Cc1c(C23C=CC(C(=O)NC4C=CC=CC4)=CC2C3)[nH]c2ccc(C(=O)Nc3ccc(F)cc3)cc12. The average Bonchev–Trinajstić information content (AvgIpc) is 3.54. The van der Waals surface area contributed by atoms with Gasteiger partial charge in [0.25, 0.3) is 11.8 Å². The number of anilines is 1. The zero-order valence-corrected chi connectivity index (χ0v) is 19.8. The number of aromatic amines is 1. The number of aryl methyl sites for hydroxylation is 1. The first-order valence-electron chi connectivity index (χ1n) is 12.2. The van der Waals surface area contributed by atoms with E-state index in [1.54, 1.807) is 6.07 Å². The van der Waals surface area contributed by atoms with Crippen LogP contribution in [0.2, 0.25) is 0 Å². The average molecular weight is 480 g/mol. The van der Waals surface area contributed by atoms with E-state index < -0.39 is 0 Å². The van der Waals surface area contributed by atoms with Gasteiger partial charge in [-0.1, -0.05) is 42.5 Å². The first kappa shape index (κ1) is 22.3. The van der Waals surface area contributed by atoms with Gasteiger partial charge in [-0.3, -0.25) is 9.59 Å². The summed E-state index contributed by atoms with van der Waals surface area (Å²) in [6.45, 7) is 2.07. The fourth-order valence-corrected chi connectivity index (χ4v) is 5.35. The molecule has 0 spiro atoms. The molecule has 5 nitrogen and oxygen atoms in total. The van der Waals surface area contributed by atoms with Crippen LogP contribution >= 0.6 is 0 Å². The van der Waals surface area contributed by atoms with E-state index in [-0.39, 0.29) is 35.0 Å². The highest BCUT2D eigenvalue weighted by atomic mass is 19.1. The number of hydrogen-bond acceptors (Lipinski definition) is 2. The Bertz CT molecular complexity index is 1510. The molecule has 180 valence electrons. The fraction of sp³-hybridized carbons (Fsp3) is 0.200. The van der Waals surface area contributed by atoms with Crippen LogP contribution in [0.3, 0.4) is 0 Å². The van der Waals surface area contributed by atoms with Crippen molar-refractivity contribution in [3.05, 3.63) is 113 Å². The van der Waals surface area contributed by atoms with Crippen LogP contribution in [-0.4, -0.2) is 22.8 Å². The zero-order chi connectivity index (χ0) is 24.9. The van der Waals surface area contributed by atoms with E-state index in [4.69, 9.17) is 0 Å². The van der Waals surface area contributed by atoms with Crippen molar-refractivity contribution in [1.29, 1.82) is 0 Å². The molecule has 36 heavy (non-hydrogen) atoms. The minimum Gasteiger partial charge on any atom is -0.357 e. The molecule has 0 aliphatic heterocycles. The van der Waals surface area contributed by atoms with Crippen molar-refractivity contribution in [1.82, 2.24) is 10.3 Å². The molecular weight excluding hydrogens is 453 g/mol. The van der Waals surface area contributed by atoms with Gasteiger partial charge in [-0.25, -0.2) is 4.39 Å². The van der Waals surface area contributed by atoms with Crippen molar-refractivity contribution < 1.29 is 14.0 Å². The number of nitrogens with one attached hydrogen (secondary N) is 3. The second-order valence-corrected chi connectivity index (χ2v) is 9.78. The highest BCUT2D eigenvalue weighted by Gasteiger charge is 2.55. The highest BCUT2D eigenvalue weighted by Crippen LogP contribution is 2.59. The van der Waals surface area contributed by atoms with E-state index in [0.29, 0.717) is 16.8 Å². The second kappa shape index (κ2) is 8.48. The minimum absolute atomic E-state index is 0.0353. The van der Waals surface area contributed by atoms with E-state index in [1.165, 1.54) is 24.3 Å². The molecule has 1 heterocycles. The zero-order valence-electron chi connectivity index (χ0n) is 19.8. The fourth-order valence-electron chi connectivity index (χ4n) is 5.35. The maximum atomic E-state index is 13.2. The van der Waals surface area contributed by atoms with Crippen LogP contribution in [0, 0.1) is 18.7 Å². The number of hydrogen-bond donors (Lipinski definition) is 3. The summed E-state index contributed by atoms with van der Waals surface area (Å²) in [4.78, 5) is 29.1. The lowest BCUT2D eigenvalue weighted by Crippen LogP contribution is -2.34. The quantitative estimate of drug-likeness (QED) is 0.444. The number of carbonyl (C=O) groups is 2. The predicted octanol–water partition coefficient (Wildman–Crippen LogP) is 5.62. The number of aromatic nitrogens is 1. The summed E-state index contributed by atoms with van der Waals surface area (Å²) in [5.74, 6) is -0.367. The van der Waals surface area contributed by atoms with Gasteiger partial charge in [-0.15, -0.1) is 0 Å². The smallest absolute Gasteiger partial charge is 0.255 e. The summed E-state index contributed by atoms with van der Waals surface area (Å²) in [7, 11) is 0. The summed E-state index contributed by atoms with van der Waals surface area (Å²) in [6.07, 6.45) is 15.9. The molecule has 1 saturated carbocycles. The molecule has 3 unspecified atom stereocenters. The first-order valence-corrected chi connectivity index (χ1v) is 12.2. The third-order valence-corrected chi connectivity index (χ3v) is 7.45. The number of amides is 2. The molecule has 1 aromatic heterocycles. The van der Waals surface area contributed by atoms with Crippen molar-refractivity contribution in [2.24, 2.45) is 5.92 Å². The first-order chi connectivity index (χ1) is 17.4. The van der Waals surface area contributed by atoms with Gasteiger partial charge in [-0.2, -0.15) is 0 Å². The van der Waals surface area contributed by atoms with Gasteiger partial charge in [0.05, 0.1) is 6.04 Å². The van der Waals surface area contributed by atoms with E-state index in [1.807, 2.05) is 36.4 Å². The van der Waals surface area contributed by atoms with Gasteiger partial charge >= 0.3 is 0 Å². The number of allylic oxidation sites excluding steroid dienone is 4. The molecule has 2 aromatic carbocycles. The van der Waals surface area contributed by atoms with Gasteiger partial charge in [0.15, 0.2) is 0 Å². The molecule has 1 fully saturated rings. The standard InChI is InChI=1S/C30H26FN3O2/c1-18-25-16-19(28(35)33-24-10-8-22(31)9-11-24)7-12-26(25)34-27(18)30-14-13-20(15-21(30)17-30)29(36)32-23-5-3-2-4-6-23/h2-5,7-16,21,23,34H,6,17H2,1H3,(H,32,36)(H,33,35). The summed E-state index contributed by atoms with van der Waals surface area (Å²) >= 11 is 0. The maximum absolute atomic E-state index is 13.2. The third kappa shape index (κ3) is 3.88. The van der Waals surface area contributed by atoms with Crippen LogP contribution in [-0.2, 0) is 10.2 Å². The molecule has 6 rings (SSSR count). The number of halogens is 1. The molecule has 3 aliphatic rings. The molecule has 0 saturated heterocycles. The lowest BCUT2D eigenvalue weighted by Gasteiger charge is -2.19. The Morgan fingerprint density at radius 3 is 2.67 bits per heavy atom. The Labute approximate surface area is 208 Å². The predicted molar refractivity (Wildman–Crippen MR) is 139 cm³/mol. The number of carbonyl (C=O) groups excluding carboxylic acids is 2. The number of benzene rings is 2. The largest absolute Gasteiger partial charge is 0.357 e. The van der Waals surface area contributed by atoms with Crippen LogP contribution in [0.4, 0.5) is 10.1 Å². The third-order valence-electron chi connectivity index (χ3n) is 7.45. The lowest BCUT2D eigenvalue weighted by atomic mass is 9.90. The van der Waals surface area contributed by atoms with E-state index in [2.05, 4.69) is 40.8 Å². The Balaban J connectivity index is 1.21. The van der Waals surface area contributed by atoms with Crippen molar-refractivity contribution in [2.45, 2.75) is 31.2 Å². The van der Waals surface area contributed by atoms with Gasteiger partial charge in [0.1, 0.15) is 5.82 Å². The summed E-state index contributed by atoms with van der Waals surface area (Å²) < 4.78 is 13.2. The number of fused-ring (bicyclic) bond motifs is 2. The molecule has 0 radical (unpaired) electrons. The molecule has 3 aromatic rings. The second-order valence-electron chi connectivity index (χ2n) is 9.78. The van der Waals surface area contributed by atoms with Crippen LogP contribution in [0.5, 0.6) is 0 Å². The Morgan fingerprint density at radius 1 is 1.08 bits per heavy atom. The Kier molecular flexibility index (Phi) is 5.25. The molecule has 2 amide bonds. The summed E-state index contributed by atoms with van der Waals surface area (Å²) in [5.41, 5.74) is 4.86. The van der Waals surface area contributed by atoms with Gasteiger partial charge < -0.3 is 15.6 Å². The molecule has 6 heteroatoms. The summed E-state index contributed by atoms with van der Waals surface area (Å²) in [5, 5.41) is 6.90.